The highest BCUT2D eigenvalue weighted by Crippen LogP contribution is 2.22. The van der Waals surface area contributed by atoms with E-state index in [1.807, 2.05) is 12.5 Å². The predicted octanol–water partition coefficient (Wildman–Crippen LogP) is 6.71. The van der Waals surface area contributed by atoms with E-state index in [4.69, 9.17) is 0 Å². The minimum atomic E-state index is 0.830. The second-order valence-corrected chi connectivity index (χ2v) is 7.72. The van der Waals surface area contributed by atoms with E-state index in [-0.39, 0.29) is 0 Å². The summed E-state index contributed by atoms with van der Waals surface area (Å²) in [4.78, 5) is 4.20. The highest BCUT2D eigenvalue weighted by Gasteiger charge is 2.11. The number of unbranched alkanes of at least 4 members (excludes halogenated alkanes) is 2. The Balaban J connectivity index is 2.26. The molecule has 1 rings (SSSR count). The summed E-state index contributed by atoms with van der Waals surface area (Å²) in [5.74, 6) is 2.63. The average molecular weight is 321 g/mol. The lowest BCUT2D eigenvalue weighted by molar-refractivity contribution is 0.343. The van der Waals surface area contributed by atoms with Crippen molar-refractivity contribution >= 4 is 0 Å². The number of imidazole rings is 1. The maximum Gasteiger partial charge on any atom is 0.0945 e. The zero-order valence-corrected chi connectivity index (χ0v) is 16.1. The molecule has 23 heavy (non-hydrogen) atoms. The van der Waals surface area contributed by atoms with E-state index in [9.17, 15) is 0 Å². The fourth-order valence-corrected chi connectivity index (χ4v) is 3.29. The number of rotatable bonds is 14. The van der Waals surface area contributed by atoms with Gasteiger partial charge in [-0.05, 0) is 30.6 Å². The largest absolute Gasteiger partial charge is 0.337 e. The first kappa shape index (κ1) is 20.3. The maximum absolute atomic E-state index is 4.20. The van der Waals surface area contributed by atoms with E-state index in [0.29, 0.717) is 0 Å². The van der Waals surface area contributed by atoms with Gasteiger partial charge in [-0.2, -0.15) is 0 Å². The van der Waals surface area contributed by atoms with Crippen molar-refractivity contribution < 1.29 is 0 Å². The van der Waals surface area contributed by atoms with Gasteiger partial charge in [0.25, 0.3) is 0 Å². The van der Waals surface area contributed by atoms with E-state index < -0.39 is 0 Å². The Bertz CT molecular complexity index is 358. The van der Waals surface area contributed by atoms with Crippen LogP contribution < -0.4 is 0 Å². The van der Waals surface area contributed by atoms with E-state index in [1.54, 1.807) is 0 Å². The van der Waals surface area contributed by atoms with Gasteiger partial charge in [0, 0.05) is 18.9 Å². The van der Waals surface area contributed by atoms with Gasteiger partial charge >= 0.3 is 0 Å². The normalized spacial score (nSPS) is 15.5. The van der Waals surface area contributed by atoms with Crippen molar-refractivity contribution in [2.45, 2.75) is 98.4 Å². The highest BCUT2D eigenvalue weighted by molar-refractivity contribution is 4.76. The van der Waals surface area contributed by atoms with Crippen LogP contribution in [0.25, 0.3) is 0 Å². The van der Waals surface area contributed by atoms with Crippen molar-refractivity contribution in [2.24, 2.45) is 17.8 Å². The molecule has 0 aliphatic heterocycles. The number of aromatic nitrogens is 2. The Morgan fingerprint density at radius 3 is 2.04 bits per heavy atom. The molecule has 0 bridgehead atoms. The van der Waals surface area contributed by atoms with Crippen LogP contribution in [-0.4, -0.2) is 9.55 Å². The molecule has 0 saturated heterocycles. The van der Waals surface area contributed by atoms with Crippen molar-refractivity contribution in [3.63, 3.8) is 0 Å². The van der Waals surface area contributed by atoms with Crippen LogP contribution in [0, 0.1) is 17.8 Å². The fourth-order valence-electron chi connectivity index (χ4n) is 3.29. The molecule has 2 heteroatoms. The topological polar surface area (TPSA) is 17.8 Å². The van der Waals surface area contributed by atoms with Gasteiger partial charge in [0.15, 0.2) is 0 Å². The maximum atomic E-state index is 4.20. The SMILES string of the molecule is CCC(C)CCCCCC(CCCC(C)CC)Cn1ccnc1. The van der Waals surface area contributed by atoms with E-state index in [0.717, 1.165) is 24.3 Å². The minimum Gasteiger partial charge on any atom is -0.337 e. The third kappa shape index (κ3) is 9.84. The second kappa shape index (κ2) is 12.6. The van der Waals surface area contributed by atoms with E-state index in [2.05, 4.69) is 43.4 Å². The van der Waals surface area contributed by atoms with Crippen molar-refractivity contribution in [1.82, 2.24) is 9.55 Å². The van der Waals surface area contributed by atoms with Gasteiger partial charge in [0.1, 0.15) is 0 Å². The standard InChI is InChI=1S/C21H40N2/c1-5-19(3)11-8-7-9-13-21(14-10-12-20(4)6-2)17-23-16-15-22-18-23/h15-16,18-21H,5-14,17H2,1-4H3. The molecule has 0 aliphatic carbocycles. The van der Waals surface area contributed by atoms with Crippen LogP contribution in [0.3, 0.4) is 0 Å². The third-order valence-electron chi connectivity index (χ3n) is 5.54. The number of hydrogen-bond donors (Lipinski definition) is 0. The lowest BCUT2D eigenvalue weighted by atomic mass is 9.91. The van der Waals surface area contributed by atoms with Gasteiger partial charge in [-0.3, -0.25) is 0 Å². The Morgan fingerprint density at radius 1 is 0.826 bits per heavy atom. The molecule has 134 valence electrons. The molecular weight excluding hydrogens is 280 g/mol. The smallest absolute Gasteiger partial charge is 0.0945 e. The van der Waals surface area contributed by atoms with E-state index >= 15 is 0 Å². The summed E-state index contributed by atoms with van der Waals surface area (Å²) in [6, 6.07) is 0. The molecule has 0 N–H and O–H groups in total. The molecule has 3 unspecified atom stereocenters. The quantitative estimate of drug-likeness (QED) is 0.348. The van der Waals surface area contributed by atoms with Crippen LogP contribution in [0.5, 0.6) is 0 Å². The van der Waals surface area contributed by atoms with Gasteiger partial charge in [-0.15, -0.1) is 0 Å². The molecule has 0 aliphatic rings. The monoisotopic (exact) mass is 320 g/mol. The zero-order valence-electron chi connectivity index (χ0n) is 16.1. The minimum absolute atomic E-state index is 0.830. The lowest BCUT2D eigenvalue weighted by Crippen LogP contribution is -2.10. The van der Waals surface area contributed by atoms with Gasteiger partial charge < -0.3 is 4.57 Å². The van der Waals surface area contributed by atoms with Crippen LogP contribution >= 0.6 is 0 Å². The summed E-state index contributed by atoms with van der Waals surface area (Å²) >= 11 is 0. The van der Waals surface area contributed by atoms with Gasteiger partial charge in [0.2, 0.25) is 0 Å². The molecular formula is C21H40N2. The highest BCUT2D eigenvalue weighted by atomic mass is 15.0. The molecule has 0 amide bonds. The molecule has 1 aromatic rings. The van der Waals surface area contributed by atoms with Gasteiger partial charge in [-0.25, -0.2) is 4.98 Å². The Kier molecular flexibility index (Phi) is 11.1. The van der Waals surface area contributed by atoms with E-state index in [1.165, 1.54) is 64.2 Å². The molecule has 0 saturated carbocycles. The molecule has 0 spiro atoms. The van der Waals surface area contributed by atoms with Gasteiger partial charge in [-0.1, -0.05) is 79.1 Å². The molecule has 0 radical (unpaired) electrons. The molecule has 0 aromatic carbocycles. The summed E-state index contributed by atoms with van der Waals surface area (Å²) < 4.78 is 2.27. The summed E-state index contributed by atoms with van der Waals surface area (Å²) in [5, 5.41) is 0. The summed E-state index contributed by atoms with van der Waals surface area (Å²) in [6.45, 7) is 10.6. The van der Waals surface area contributed by atoms with Crippen LogP contribution in [0.15, 0.2) is 18.7 Å². The molecule has 3 atom stereocenters. The summed E-state index contributed by atoms with van der Waals surface area (Å²) in [6.07, 6.45) is 19.9. The van der Waals surface area contributed by atoms with Crippen molar-refractivity contribution in [3.05, 3.63) is 18.7 Å². The lowest BCUT2D eigenvalue weighted by Gasteiger charge is -2.19. The van der Waals surface area contributed by atoms with Crippen LogP contribution in [0.4, 0.5) is 0 Å². The summed E-state index contributed by atoms with van der Waals surface area (Å²) in [7, 11) is 0. The van der Waals surface area contributed by atoms with Crippen LogP contribution in [0.2, 0.25) is 0 Å². The Labute approximate surface area is 145 Å². The first-order valence-corrected chi connectivity index (χ1v) is 10.1. The number of nitrogens with zero attached hydrogens (tertiary/aromatic N) is 2. The summed E-state index contributed by atoms with van der Waals surface area (Å²) in [5.41, 5.74) is 0. The fraction of sp³-hybridized carbons (Fsp3) is 0.857. The van der Waals surface area contributed by atoms with Gasteiger partial charge in [0.05, 0.1) is 6.33 Å². The van der Waals surface area contributed by atoms with Crippen molar-refractivity contribution in [1.29, 1.82) is 0 Å². The van der Waals surface area contributed by atoms with Crippen molar-refractivity contribution in [3.8, 4) is 0 Å². The average Bonchev–Trinajstić information content (AvgIpc) is 3.06. The third-order valence-corrected chi connectivity index (χ3v) is 5.54. The first-order valence-electron chi connectivity index (χ1n) is 10.1. The van der Waals surface area contributed by atoms with Crippen LogP contribution in [0.1, 0.15) is 91.9 Å². The molecule has 2 nitrogen and oxygen atoms in total. The molecule has 0 fully saturated rings. The first-order chi connectivity index (χ1) is 11.2. The zero-order chi connectivity index (χ0) is 16.9. The van der Waals surface area contributed by atoms with Crippen molar-refractivity contribution in [2.75, 3.05) is 0 Å². The Morgan fingerprint density at radius 2 is 1.43 bits per heavy atom. The predicted molar refractivity (Wildman–Crippen MR) is 102 cm³/mol. The molecule has 1 aromatic heterocycles. The van der Waals surface area contributed by atoms with Crippen LogP contribution in [-0.2, 0) is 6.54 Å². The Hall–Kier alpha value is -0.790. The molecule has 1 heterocycles. The number of hydrogen-bond acceptors (Lipinski definition) is 1. The second-order valence-electron chi connectivity index (χ2n) is 7.72.